The normalized spacial score (nSPS) is 30.5. The largest absolute Gasteiger partial charge is 0.381 e. The van der Waals surface area contributed by atoms with E-state index in [1.54, 1.807) is 0 Å². The number of likely N-dealkylation sites (tertiary alicyclic amines) is 1. The first kappa shape index (κ1) is 16.6. The number of nitrogens with zero attached hydrogens (tertiary/aromatic N) is 1. The summed E-state index contributed by atoms with van der Waals surface area (Å²) >= 11 is 0. The molecular weight excluding hydrogens is 322 g/mol. The number of benzene rings is 1. The van der Waals surface area contributed by atoms with Gasteiger partial charge in [0.25, 0.3) is 0 Å². The van der Waals surface area contributed by atoms with Crippen LogP contribution in [0.25, 0.3) is 0 Å². The van der Waals surface area contributed by atoms with Crippen molar-refractivity contribution in [3.05, 3.63) is 29.3 Å². The van der Waals surface area contributed by atoms with E-state index in [1.165, 1.54) is 18.4 Å². The molecule has 24 heavy (non-hydrogen) atoms. The minimum absolute atomic E-state index is 0.162. The van der Waals surface area contributed by atoms with Gasteiger partial charge >= 0.3 is 0 Å². The molecule has 0 aromatic heterocycles. The fourth-order valence-electron chi connectivity index (χ4n) is 4.70. The number of hydrogen-bond acceptors (Lipinski definition) is 4. The zero-order valence-electron chi connectivity index (χ0n) is 14.4. The highest BCUT2D eigenvalue weighted by Gasteiger charge is 2.37. The van der Waals surface area contributed by atoms with Gasteiger partial charge in [-0.15, -0.1) is 0 Å². The van der Waals surface area contributed by atoms with Crippen LogP contribution in [0, 0.1) is 0 Å². The zero-order valence-corrected chi connectivity index (χ0v) is 15.2. The molecule has 0 bridgehead atoms. The number of sulfone groups is 1. The molecule has 3 heterocycles. The summed E-state index contributed by atoms with van der Waals surface area (Å²) in [6, 6.07) is 6.64. The third-order valence-corrected chi connectivity index (χ3v) is 8.03. The molecule has 0 spiro atoms. The van der Waals surface area contributed by atoms with Gasteiger partial charge in [-0.3, -0.25) is 0 Å². The van der Waals surface area contributed by atoms with Gasteiger partial charge in [0.05, 0.1) is 10.6 Å². The van der Waals surface area contributed by atoms with Crippen LogP contribution in [0.2, 0.25) is 0 Å². The summed E-state index contributed by atoms with van der Waals surface area (Å²) in [5.74, 6) is 0.974. The molecule has 1 aromatic rings. The molecular formula is C19H27NO3S. The monoisotopic (exact) mass is 349 g/mol. The summed E-state index contributed by atoms with van der Waals surface area (Å²) in [6.07, 6.45) is 5.49. The lowest BCUT2D eigenvalue weighted by Gasteiger charge is -2.25. The van der Waals surface area contributed by atoms with E-state index in [2.05, 4.69) is 18.0 Å². The van der Waals surface area contributed by atoms with E-state index in [-0.39, 0.29) is 5.92 Å². The fraction of sp³-hybridized carbons (Fsp3) is 0.684. The quantitative estimate of drug-likeness (QED) is 0.842. The molecule has 2 atom stereocenters. The van der Waals surface area contributed by atoms with Gasteiger partial charge in [-0.2, -0.15) is 0 Å². The number of ether oxygens (including phenoxy) is 1. The van der Waals surface area contributed by atoms with Crippen molar-refractivity contribution < 1.29 is 13.2 Å². The van der Waals surface area contributed by atoms with Gasteiger partial charge in [0.2, 0.25) is 0 Å². The molecule has 4 rings (SSSR count). The molecule has 3 aliphatic heterocycles. The maximum absolute atomic E-state index is 12.6. The Bertz CT molecular complexity index is 709. The van der Waals surface area contributed by atoms with Crippen molar-refractivity contribution in [2.24, 2.45) is 0 Å². The number of fused-ring (bicyclic) bond motifs is 1. The third kappa shape index (κ3) is 3.02. The van der Waals surface area contributed by atoms with Crippen molar-refractivity contribution in [1.82, 2.24) is 4.90 Å². The molecule has 4 nitrogen and oxygen atoms in total. The van der Waals surface area contributed by atoms with Crippen LogP contribution < -0.4 is 0 Å². The Morgan fingerprint density at radius 2 is 2.00 bits per heavy atom. The summed E-state index contributed by atoms with van der Waals surface area (Å²) in [6.45, 7) is 2.77. The predicted molar refractivity (Wildman–Crippen MR) is 94.3 cm³/mol. The van der Waals surface area contributed by atoms with Crippen LogP contribution >= 0.6 is 0 Å². The Morgan fingerprint density at radius 3 is 2.71 bits per heavy atom. The van der Waals surface area contributed by atoms with Gasteiger partial charge in [0, 0.05) is 25.2 Å². The molecule has 0 radical (unpaired) electrons. The maximum atomic E-state index is 12.6. The van der Waals surface area contributed by atoms with Crippen molar-refractivity contribution in [2.75, 3.05) is 32.6 Å². The van der Waals surface area contributed by atoms with Gasteiger partial charge in [-0.25, -0.2) is 8.42 Å². The van der Waals surface area contributed by atoms with Gasteiger partial charge in [0.15, 0.2) is 9.84 Å². The average molecular weight is 349 g/mol. The van der Waals surface area contributed by atoms with E-state index in [0.717, 1.165) is 44.6 Å². The van der Waals surface area contributed by atoms with E-state index in [1.807, 2.05) is 12.1 Å². The maximum Gasteiger partial charge on any atom is 0.179 e. The Hall–Kier alpha value is -0.910. The van der Waals surface area contributed by atoms with E-state index < -0.39 is 9.84 Å². The van der Waals surface area contributed by atoms with Crippen LogP contribution in [0.5, 0.6) is 0 Å². The molecule has 132 valence electrons. The van der Waals surface area contributed by atoms with Gasteiger partial charge < -0.3 is 9.64 Å². The van der Waals surface area contributed by atoms with Gasteiger partial charge in [-0.05, 0) is 68.8 Å². The molecule has 2 saturated heterocycles. The van der Waals surface area contributed by atoms with Crippen LogP contribution in [-0.4, -0.2) is 51.9 Å². The minimum Gasteiger partial charge on any atom is -0.381 e. The summed E-state index contributed by atoms with van der Waals surface area (Å²) < 4.78 is 30.6. The molecule has 0 aliphatic carbocycles. The lowest BCUT2D eigenvalue weighted by Crippen LogP contribution is -2.27. The third-order valence-electron chi connectivity index (χ3n) is 6.15. The van der Waals surface area contributed by atoms with Crippen LogP contribution in [0.3, 0.4) is 0 Å². The molecule has 2 fully saturated rings. The van der Waals surface area contributed by atoms with Crippen molar-refractivity contribution in [2.45, 2.75) is 54.9 Å². The first-order chi connectivity index (χ1) is 11.5. The molecule has 0 amide bonds. The summed E-state index contributed by atoms with van der Waals surface area (Å²) in [4.78, 5) is 2.98. The minimum atomic E-state index is -3.10. The fourth-order valence-corrected chi connectivity index (χ4v) is 6.58. The summed E-state index contributed by atoms with van der Waals surface area (Å²) in [5.41, 5.74) is 2.39. The van der Waals surface area contributed by atoms with Crippen LogP contribution in [0.15, 0.2) is 23.1 Å². The Balaban J connectivity index is 1.63. The van der Waals surface area contributed by atoms with Gasteiger partial charge in [-0.1, -0.05) is 12.1 Å². The Morgan fingerprint density at radius 1 is 1.21 bits per heavy atom. The Labute approximate surface area is 145 Å². The number of hydrogen-bond donors (Lipinski definition) is 0. The smallest absolute Gasteiger partial charge is 0.179 e. The van der Waals surface area contributed by atoms with Crippen LogP contribution in [0.1, 0.15) is 55.1 Å². The van der Waals surface area contributed by atoms with Crippen molar-refractivity contribution >= 4 is 9.84 Å². The van der Waals surface area contributed by atoms with Crippen LogP contribution in [-0.2, 0) is 14.6 Å². The second-order valence-corrected chi connectivity index (χ2v) is 9.68. The van der Waals surface area contributed by atoms with E-state index in [0.29, 0.717) is 22.6 Å². The lowest BCUT2D eigenvalue weighted by atomic mass is 9.87. The first-order valence-electron chi connectivity index (χ1n) is 9.19. The van der Waals surface area contributed by atoms with E-state index in [9.17, 15) is 8.42 Å². The molecule has 0 N–H and O–H groups in total. The highest BCUT2D eigenvalue weighted by molar-refractivity contribution is 7.91. The van der Waals surface area contributed by atoms with E-state index in [4.69, 9.17) is 4.74 Å². The molecule has 3 aliphatic rings. The van der Waals surface area contributed by atoms with Crippen molar-refractivity contribution in [3.8, 4) is 0 Å². The first-order valence-corrected chi connectivity index (χ1v) is 10.8. The molecule has 1 unspecified atom stereocenters. The van der Waals surface area contributed by atoms with Gasteiger partial charge in [0.1, 0.15) is 0 Å². The summed E-state index contributed by atoms with van der Waals surface area (Å²) in [7, 11) is -0.937. The summed E-state index contributed by atoms with van der Waals surface area (Å²) in [5, 5.41) is 0. The van der Waals surface area contributed by atoms with Crippen molar-refractivity contribution in [3.63, 3.8) is 0 Å². The topological polar surface area (TPSA) is 46.6 Å². The second-order valence-electron chi connectivity index (χ2n) is 7.67. The van der Waals surface area contributed by atoms with Crippen LogP contribution in [0.4, 0.5) is 0 Å². The molecule has 0 saturated carbocycles. The molecule has 5 heteroatoms. The van der Waals surface area contributed by atoms with E-state index >= 15 is 0 Å². The standard InChI is InChI=1S/C19H27NO3S/c1-20-8-2-3-17(20)11-16-13-24(21,22)19-5-4-15(12-18(16)19)14-6-9-23-10-7-14/h4-5,12,14,16-17H,2-3,6-11,13H2,1H3/t16?,17-/m1/s1. The SMILES string of the molecule is CN1CCC[C@@H]1CC1CS(=O)(=O)c2ccc(C3CCOCC3)cc21. The average Bonchev–Trinajstić information content (AvgIpc) is 3.10. The number of rotatable bonds is 3. The van der Waals surface area contributed by atoms with Crippen molar-refractivity contribution in [1.29, 1.82) is 0 Å². The highest BCUT2D eigenvalue weighted by atomic mass is 32.2. The lowest BCUT2D eigenvalue weighted by molar-refractivity contribution is 0.0853. The predicted octanol–water partition coefficient (Wildman–Crippen LogP) is 2.94. The molecule has 1 aromatic carbocycles. The Kier molecular flexibility index (Phi) is 4.43. The zero-order chi connectivity index (χ0) is 16.7. The highest BCUT2D eigenvalue weighted by Crippen LogP contribution is 2.41. The second kappa shape index (κ2) is 6.43.